The van der Waals surface area contributed by atoms with E-state index in [1.165, 1.54) is 5.48 Å². The fourth-order valence-corrected chi connectivity index (χ4v) is 1.26. The molecule has 5 nitrogen and oxygen atoms in total. The highest BCUT2D eigenvalue weighted by molar-refractivity contribution is 6.22. The molecule has 17 heavy (non-hydrogen) atoms. The number of carbonyl (C=O) groups excluding carboxylic acids is 2. The number of ether oxygens (including phenoxy) is 1. The van der Waals surface area contributed by atoms with Crippen molar-refractivity contribution in [2.45, 2.75) is 6.92 Å². The summed E-state index contributed by atoms with van der Waals surface area (Å²) in [6, 6.07) is 8.53. The maximum atomic E-state index is 11.4. The first-order chi connectivity index (χ1) is 8.19. The van der Waals surface area contributed by atoms with E-state index in [1.54, 1.807) is 37.3 Å². The fraction of sp³-hybridized carbons (Fsp3) is 0.167. The lowest BCUT2D eigenvalue weighted by Crippen LogP contribution is -2.21. The second-order valence-electron chi connectivity index (χ2n) is 3.12. The van der Waals surface area contributed by atoms with Gasteiger partial charge in [0.05, 0.1) is 12.2 Å². The number of rotatable bonds is 4. The molecule has 0 bridgehead atoms. The van der Waals surface area contributed by atoms with E-state index >= 15 is 0 Å². The van der Waals surface area contributed by atoms with Crippen molar-refractivity contribution in [1.82, 2.24) is 5.48 Å². The van der Waals surface area contributed by atoms with Crippen LogP contribution in [0, 0.1) is 0 Å². The van der Waals surface area contributed by atoms with Gasteiger partial charge in [-0.05, 0) is 12.5 Å². The number of hydrogen-bond donors (Lipinski definition) is 2. The van der Waals surface area contributed by atoms with Crippen LogP contribution in [0.2, 0.25) is 0 Å². The zero-order valence-corrected chi connectivity index (χ0v) is 9.34. The molecule has 0 heterocycles. The van der Waals surface area contributed by atoms with Crippen LogP contribution < -0.4 is 5.48 Å². The average molecular weight is 235 g/mol. The third kappa shape index (κ3) is 3.73. The highest BCUT2D eigenvalue weighted by Crippen LogP contribution is 2.14. The largest absolute Gasteiger partial charge is 0.463 e. The van der Waals surface area contributed by atoms with E-state index in [-0.39, 0.29) is 12.2 Å². The molecule has 0 saturated carbocycles. The van der Waals surface area contributed by atoms with E-state index in [0.29, 0.717) is 5.56 Å². The first-order valence-corrected chi connectivity index (χ1v) is 5.07. The van der Waals surface area contributed by atoms with Crippen LogP contribution in [-0.2, 0) is 14.3 Å². The maximum absolute atomic E-state index is 11.4. The monoisotopic (exact) mass is 235 g/mol. The normalized spacial score (nSPS) is 10.8. The van der Waals surface area contributed by atoms with Crippen LogP contribution in [-0.4, -0.2) is 23.7 Å². The molecule has 0 radical (unpaired) electrons. The van der Waals surface area contributed by atoms with Crippen molar-refractivity contribution in [1.29, 1.82) is 0 Å². The van der Waals surface area contributed by atoms with Crippen LogP contribution in [0.1, 0.15) is 12.5 Å². The van der Waals surface area contributed by atoms with Gasteiger partial charge in [-0.25, -0.2) is 10.3 Å². The van der Waals surface area contributed by atoms with Gasteiger partial charge >= 0.3 is 5.97 Å². The van der Waals surface area contributed by atoms with Crippen LogP contribution in [0.4, 0.5) is 0 Å². The molecule has 1 rings (SSSR count). The molecule has 1 aromatic carbocycles. The number of carbonyl (C=O) groups is 2. The topological polar surface area (TPSA) is 75.6 Å². The third-order valence-corrected chi connectivity index (χ3v) is 1.98. The number of hydroxylamine groups is 1. The van der Waals surface area contributed by atoms with Gasteiger partial charge in [0.1, 0.15) is 0 Å². The van der Waals surface area contributed by atoms with Gasteiger partial charge in [-0.2, -0.15) is 0 Å². The summed E-state index contributed by atoms with van der Waals surface area (Å²) in [7, 11) is 0. The van der Waals surface area contributed by atoms with Gasteiger partial charge in [0, 0.05) is 6.08 Å². The molecule has 0 aliphatic carbocycles. The Morgan fingerprint density at radius 2 is 2.00 bits per heavy atom. The highest BCUT2D eigenvalue weighted by atomic mass is 16.5. The lowest BCUT2D eigenvalue weighted by Gasteiger charge is -2.05. The molecule has 0 unspecified atom stereocenters. The van der Waals surface area contributed by atoms with Crippen LogP contribution in [0.25, 0.3) is 5.57 Å². The minimum Gasteiger partial charge on any atom is -0.463 e. The highest BCUT2D eigenvalue weighted by Gasteiger charge is 2.13. The lowest BCUT2D eigenvalue weighted by atomic mass is 10.1. The summed E-state index contributed by atoms with van der Waals surface area (Å²) in [4.78, 5) is 22.7. The minimum atomic E-state index is -0.760. The van der Waals surface area contributed by atoms with Gasteiger partial charge in [-0.15, -0.1) is 0 Å². The number of nitrogens with one attached hydrogen (secondary N) is 1. The molecule has 0 aliphatic heterocycles. The first-order valence-electron chi connectivity index (χ1n) is 5.07. The number of benzene rings is 1. The van der Waals surface area contributed by atoms with Gasteiger partial charge in [0.25, 0.3) is 5.91 Å². The van der Waals surface area contributed by atoms with Crippen molar-refractivity contribution in [3.05, 3.63) is 42.0 Å². The van der Waals surface area contributed by atoms with E-state index in [2.05, 4.69) is 0 Å². The summed E-state index contributed by atoms with van der Waals surface area (Å²) in [5.41, 5.74) is 2.06. The van der Waals surface area contributed by atoms with Crippen molar-refractivity contribution >= 4 is 17.4 Å². The number of amides is 1. The molecule has 1 amide bonds. The summed E-state index contributed by atoms with van der Waals surface area (Å²) in [6.45, 7) is 1.89. The third-order valence-electron chi connectivity index (χ3n) is 1.98. The standard InChI is InChI=1S/C12H13NO4/c1-2-17-11(14)8-10(12(15)13-16)9-6-4-3-5-7-9/h3-8,16H,2H2,1H3,(H,13,15)/b10-8-. The van der Waals surface area contributed by atoms with E-state index in [0.717, 1.165) is 6.08 Å². The Morgan fingerprint density at radius 1 is 1.35 bits per heavy atom. The Kier molecular flexibility index (Phi) is 4.90. The quantitative estimate of drug-likeness (QED) is 0.355. The number of hydrogen-bond acceptors (Lipinski definition) is 4. The lowest BCUT2D eigenvalue weighted by molar-refractivity contribution is -0.137. The molecule has 5 heteroatoms. The van der Waals surface area contributed by atoms with Crippen LogP contribution in [0.15, 0.2) is 36.4 Å². The predicted molar refractivity (Wildman–Crippen MR) is 61.0 cm³/mol. The Labute approximate surface area is 98.7 Å². The zero-order chi connectivity index (χ0) is 12.7. The molecular formula is C12H13NO4. The predicted octanol–water partition coefficient (Wildman–Crippen LogP) is 1.14. The molecule has 0 spiro atoms. The van der Waals surface area contributed by atoms with E-state index in [1.807, 2.05) is 0 Å². The molecule has 0 aromatic heterocycles. The second kappa shape index (κ2) is 6.44. The van der Waals surface area contributed by atoms with E-state index < -0.39 is 11.9 Å². The Bertz CT molecular complexity index is 425. The molecule has 0 saturated heterocycles. The van der Waals surface area contributed by atoms with Gasteiger partial charge in [0.15, 0.2) is 0 Å². The minimum absolute atomic E-state index is 0.0477. The number of esters is 1. The molecule has 1 aromatic rings. The van der Waals surface area contributed by atoms with Gasteiger partial charge in [0.2, 0.25) is 0 Å². The molecule has 90 valence electrons. The van der Waals surface area contributed by atoms with Crippen molar-refractivity contribution in [2.24, 2.45) is 0 Å². The van der Waals surface area contributed by atoms with Crippen molar-refractivity contribution in [3.8, 4) is 0 Å². The molecule has 0 fully saturated rings. The van der Waals surface area contributed by atoms with Crippen molar-refractivity contribution in [3.63, 3.8) is 0 Å². The van der Waals surface area contributed by atoms with Gasteiger partial charge in [-0.1, -0.05) is 30.3 Å². The Morgan fingerprint density at radius 3 is 2.53 bits per heavy atom. The van der Waals surface area contributed by atoms with Crippen LogP contribution in [0.5, 0.6) is 0 Å². The molecule has 0 atom stereocenters. The first kappa shape index (κ1) is 12.9. The van der Waals surface area contributed by atoms with Crippen LogP contribution >= 0.6 is 0 Å². The molecule has 0 aliphatic rings. The molecular weight excluding hydrogens is 222 g/mol. The van der Waals surface area contributed by atoms with Crippen LogP contribution in [0.3, 0.4) is 0 Å². The maximum Gasteiger partial charge on any atom is 0.331 e. The SMILES string of the molecule is CCOC(=O)/C=C(\C(=O)NO)c1ccccc1. The summed E-state index contributed by atoms with van der Waals surface area (Å²) < 4.78 is 4.71. The fourth-order valence-electron chi connectivity index (χ4n) is 1.26. The van der Waals surface area contributed by atoms with E-state index in [4.69, 9.17) is 9.94 Å². The summed E-state index contributed by atoms with van der Waals surface area (Å²) in [6.07, 6.45) is 1.05. The Hall–Kier alpha value is -2.14. The zero-order valence-electron chi connectivity index (χ0n) is 9.34. The second-order valence-corrected chi connectivity index (χ2v) is 3.12. The summed E-state index contributed by atoms with van der Waals surface area (Å²) >= 11 is 0. The smallest absolute Gasteiger partial charge is 0.331 e. The average Bonchev–Trinajstić information content (AvgIpc) is 2.36. The summed E-state index contributed by atoms with van der Waals surface area (Å²) in [5, 5.41) is 8.62. The van der Waals surface area contributed by atoms with Crippen molar-refractivity contribution < 1.29 is 19.5 Å². The van der Waals surface area contributed by atoms with Gasteiger partial charge < -0.3 is 4.74 Å². The van der Waals surface area contributed by atoms with Gasteiger partial charge in [-0.3, -0.25) is 10.0 Å². The Balaban J connectivity index is 3.05. The van der Waals surface area contributed by atoms with Crippen molar-refractivity contribution in [2.75, 3.05) is 6.61 Å². The molecule has 2 N–H and O–H groups in total. The van der Waals surface area contributed by atoms with E-state index in [9.17, 15) is 9.59 Å². The summed E-state index contributed by atoms with van der Waals surface area (Å²) in [5.74, 6) is -1.39.